The predicted octanol–water partition coefficient (Wildman–Crippen LogP) is 5.81. The van der Waals surface area contributed by atoms with Gasteiger partial charge in [-0.2, -0.15) is 0 Å². The molecule has 3 aromatic carbocycles. The van der Waals surface area contributed by atoms with Crippen molar-refractivity contribution in [2.45, 2.75) is 22.6 Å². The Labute approximate surface area is 196 Å². The highest BCUT2D eigenvalue weighted by Crippen LogP contribution is 2.40. The fourth-order valence-corrected chi connectivity index (χ4v) is 5.75. The number of nitrogens with one attached hydrogen (secondary N) is 1. The molecule has 5 rings (SSSR count). The summed E-state index contributed by atoms with van der Waals surface area (Å²) in [5.41, 5.74) is 2.84. The molecule has 1 N–H and O–H groups in total. The van der Waals surface area contributed by atoms with E-state index in [1.165, 1.54) is 29.5 Å². The Morgan fingerprint density at radius 2 is 1.69 bits per heavy atom. The quantitative estimate of drug-likeness (QED) is 0.486. The molecule has 0 spiro atoms. The summed E-state index contributed by atoms with van der Waals surface area (Å²) in [6.45, 7) is 2.25. The summed E-state index contributed by atoms with van der Waals surface area (Å²) >= 11 is 3.27. The molecule has 2 aliphatic rings. The molecule has 0 atom stereocenters. The van der Waals surface area contributed by atoms with E-state index in [4.69, 9.17) is 0 Å². The second-order valence-electron chi connectivity index (χ2n) is 7.74. The second-order valence-corrected chi connectivity index (χ2v) is 9.93. The Morgan fingerprint density at radius 3 is 2.44 bits per heavy atom. The van der Waals surface area contributed by atoms with Gasteiger partial charge in [-0.05, 0) is 79.4 Å². The lowest BCUT2D eigenvalue weighted by molar-refractivity contribution is -0.115. The Hall–Kier alpha value is -2.74. The number of benzene rings is 3. The summed E-state index contributed by atoms with van der Waals surface area (Å²) in [6.07, 6.45) is 2.52. The van der Waals surface area contributed by atoms with Crippen molar-refractivity contribution in [3.05, 3.63) is 78.4 Å². The van der Waals surface area contributed by atoms with Crippen molar-refractivity contribution in [2.24, 2.45) is 0 Å². The monoisotopic (exact) mass is 461 g/mol. The van der Waals surface area contributed by atoms with Crippen LogP contribution in [0.5, 0.6) is 0 Å². The predicted molar refractivity (Wildman–Crippen MR) is 132 cm³/mol. The molecule has 1 fully saturated rings. The standard InChI is InChI=1S/C25H23N3O2S2/c29-24-17-31-23-13-8-18(16-22(23)28(24)20-6-2-1-3-7-20)25(30)26-19-9-11-21(12-10-19)32-27-14-4-5-15-27/h1-3,6-13,16H,4-5,14-15,17H2,(H,26,30). The Kier molecular flexibility index (Phi) is 6.21. The number of carbonyl (C=O) groups excluding carboxylic acids is 2. The van der Waals surface area contributed by atoms with Crippen LogP contribution in [0.1, 0.15) is 23.2 Å². The van der Waals surface area contributed by atoms with E-state index in [1.54, 1.807) is 22.9 Å². The van der Waals surface area contributed by atoms with Crippen molar-refractivity contribution in [1.29, 1.82) is 0 Å². The molecule has 0 saturated carbocycles. The van der Waals surface area contributed by atoms with Crippen LogP contribution in [-0.4, -0.2) is 35.0 Å². The van der Waals surface area contributed by atoms with E-state index < -0.39 is 0 Å². The van der Waals surface area contributed by atoms with E-state index >= 15 is 0 Å². The molecule has 1 saturated heterocycles. The topological polar surface area (TPSA) is 52.7 Å². The van der Waals surface area contributed by atoms with Gasteiger partial charge in [0.05, 0.1) is 11.4 Å². The fourth-order valence-electron chi connectivity index (χ4n) is 3.88. The normalized spacial score (nSPS) is 16.1. The number of hydrogen-bond donors (Lipinski definition) is 1. The molecule has 0 aliphatic carbocycles. The SMILES string of the molecule is O=C(Nc1ccc(SN2CCCC2)cc1)c1ccc2c(c1)N(c1ccccc1)C(=O)CS2. The molecule has 2 heterocycles. The molecule has 0 radical (unpaired) electrons. The van der Waals surface area contributed by atoms with Gasteiger partial charge in [-0.1, -0.05) is 18.2 Å². The molecule has 2 amide bonds. The number of nitrogens with zero attached hydrogens (tertiary/aromatic N) is 2. The molecule has 7 heteroatoms. The van der Waals surface area contributed by atoms with Crippen molar-refractivity contribution in [3.63, 3.8) is 0 Å². The average molecular weight is 462 g/mol. The highest BCUT2D eigenvalue weighted by Gasteiger charge is 2.27. The van der Waals surface area contributed by atoms with Crippen molar-refractivity contribution in [3.8, 4) is 0 Å². The zero-order chi connectivity index (χ0) is 21.9. The van der Waals surface area contributed by atoms with Gasteiger partial charge in [-0.3, -0.25) is 14.5 Å². The number of fused-ring (bicyclic) bond motifs is 1. The number of anilines is 3. The molecule has 2 aliphatic heterocycles. The highest BCUT2D eigenvalue weighted by atomic mass is 32.2. The van der Waals surface area contributed by atoms with Gasteiger partial charge in [0.25, 0.3) is 5.91 Å². The molecule has 162 valence electrons. The van der Waals surface area contributed by atoms with Gasteiger partial charge in [-0.25, -0.2) is 4.31 Å². The summed E-state index contributed by atoms with van der Waals surface area (Å²) in [7, 11) is 0. The zero-order valence-corrected chi connectivity index (χ0v) is 19.1. The van der Waals surface area contributed by atoms with Gasteiger partial charge in [0, 0.05) is 39.8 Å². The van der Waals surface area contributed by atoms with Crippen molar-refractivity contribution >= 4 is 52.6 Å². The van der Waals surface area contributed by atoms with Gasteiger partial charge in [0.15, 0.2) is 0 Å². The van der Waals surface area contributed by atoms with Crippen LogP contribution in [0.3, 0.4) is 0 Å². The van der Waals surface area contributed by atoms with Gasteiger partial charge in [0.1, 0.15) is 0 Å². The van der Waals surface area contributed by atoms with Crippen LogP contribution in [0, 0.1) is 0 Å². The first-order valence-corrected chi connectivity index (χ1v) is 12.4. The van der Waals surface area contributed by atoms with E-state index in [9.17, 15) is 9.59 Å². The lowest BCUT2D eigenvalue weighted by Gasteiger charge is -2.29. The average Bonchev–Trinajstić information content (AvgIpc) is 3.33. The minimum Gasteiger partial charge on any atom is -0.322 e. The molecule has 0 aromatic heterocycles. The molecule has 0 bridgehead atoms. The maximum absolute atomic E-state index is 13.0. The largest absolute Gasteiger partial charge is 0.322 e. The van der Waals surface area contributed by atoms with E-state index in [0.717, 1.165) is 35.0 Å². The highest BCUT2D eigenvalue weighted by molar-refractivity contribution is 8.00. The van der Waals surface area contributed by atoms with Gasteiger partial charge in [-0.15, -0.1) is 11.8 Å². The lowest BCUT2D eigenvalue weighted by atomic mass is 10.1. The molecule has 3 aromatic rings. The van der Waals surface area contributed by atoms with Gasteiger partial charge >= 0.3 is 0 Å². The number of carbonyl (C=O) groups is 2. The Balaban J connectivity index is 1.33. The number of para-hydroxylation sites is 1. The first-order valence-electron chi connectivity index (χ1n) is 10.7. The van der Waals surface area contributed by atoms with E-state index in [2.05, 4.69) is 9.62 Å². The van der Waals surface area contributed by atoms with Crippen LogP contribution in [0.4, 0.5) is 17.1 Å². The molecule has 0 unspecified atom stereocenters. The number of thioether (sulfide) groups is 1. The minimum absolute atomic E-state index is 0.0114. The molecular formula is C25H23N3O2S2. The Morgan fingerprint density at radius 1 is 0.938 bits per heavy atom. The maximum atomic E-state index is 13.0. The van der Waals surface area contributed by atoms with E-state index in [1.807, 2.05) is 66.7 Å². The van der Waals surface area contributed by atoms with Crippen LogP contribution < -0.4 is 10.2 Å². The number of amides is 2. The van der Waals surface area contributed by atoms with Gasteiger partial charge < -0.3 is 5.32 Å². The fraction of sp³-hybridized carbons (Fsp3) is 0.200. The van der Waals surface area contributed by atoms with Gasteiger partial charge in [0.2, 0.25) is 5.91 Å². The zero-order valence-electron chi connectivity index (χ0n) is 17.5. The summed E-state index contributed by atoms with van der Waals surface area (Å²) in [5.74, 6) is 0.205. The Bertz CT molecular complexity index is 1130. The van der Waals surface area contributed by atoms with E-state index in [0.29, 0.717) is 11.3 Å². The lowest BCUT2D eigenvalue weighted by Crippen LogP contribution is -2.31. The summed E-state index contributed by atoms with van der Waals surface area (Å²) in [5, 5.41) is 2.98. The summed E-state index contributed by atoms with van der Waals surface area (Å²) in [4.78, 5) is 29.5. The minimum atomic E-state index is -0.191. The van der Waals surface area contributed by atoms with Crippen molar-refractivity contribution in [1.82, 2.24) is 4.31 Å². The smallest absolute Gasteiger partial charge is 0.255 e. The second kappa shape index (κ2) is 9.40. The summed E-state index contributed by atoms with van der Waals surface area (Å²) < 4.78 is 2.37. The maximum Gasteiger partial charge on any atom is 0.255 e. The van der Waals surface area contributed by atoms with Crippen molar-refractivity contribution < 1.29 is 9.59 Å². The molecule has 32 heavy (non-hydrogen) atoms. The third-order valence-electron chi connectivity index (χ3n) is 5.49. The molecule has 5 nitrogen and oxygen atoms in total. The van der Waals surface area contributed by atoms with E-state index in [-0.39, 0.29) is 11.8 Å². The van der Waals surface area contributed by atoms with Crippen LogP contribution in [0.25, 0.3) is 0 Å². The van der Waals surface area contributed by atoms with Crippen molar-refractivity contribution in [2.75, 3.05) is 29.1 Å². The third kappa shape index (κ3) is 4.55. The number of hydrogen-bond acceptors (Lipinski definition) is 5. The van der Waals surface area contributed by atoms with Crippen LogP contribution in [-0.2, 0) is 4.79 Å². The first-order chi connectivity index (χ1) is 15.7. The summed E-state index contributed by atoms with van der Waals surface area (Å²) in [6, 6.07) is 23.1. The molecular weight excluding hydrogens is 438 g/mol. The third-order valence-corrected chi connectivity index (χ3v) is 7.64. The first kappa shape index (κ1) is 21.1. The van der Waals surface area contributed by atoms with Crippen LogP contribution in [0.15, 0.2) is 82.6 Å². The number of rotatable bonds is 5. The van der Waals surface area contributed by atoms with Crippen LogP contribution in [0.2, 0.25) is 0 Å². The van der Waals surface area contributed by atoms with Crippen LogP contribution >= 0.6 is 23.7 Å².